The van der Waals surface area contributed by atoms with Crippen molar-refractivity contribution in [2.24, 2.45) is 0 Å². The molecule has 0 saturated heterocycles. The Morgan fingerprint density at radius 2 is 1.67 bits per heavy atom. The number of tetrazole rings is 1. The van der Waals surface area contributed by atoms with Crippen LogP contribution in [0.1, 0.15) is 5.56 Å². The Bertz CT molecular complexity index is 707. The van der Waals surface area contributed by atoms with Crippen LogP contribution in [-0.2, 0) is 0 Å². The summed E-state index contributed by atoms with van der Waals surface area (Å²) in [5.74, 6) is 0.822. The molecular formula is C16H14N4S. The summed E-state index contributed by atoms with van der Waals surface area (Å²) >= 11 is 1.61. The first-order valence-corrected chi connectivity index (χ1v) is 7.60. The summed E-state index contributed by atoms with van der Waals surface area (Å²) in [6.07, 6.45) is 4.22. The van der Waals surface area contributed by atoms with Gasteiger partial charge in [-0.3, -0.25) is 0 Å². The van der Waals surface area contributed by atoms with Crippen LogP contribution < -0.4 is 0 Å². The Labute approximate surface area is 127 Å². The number of benzene rings is 2. The second-order valence-electron chi connectivity index (χ2n) is 4.33. The van der Waals surface area contributed by atoms with Crippen molar-refractivity contribution >= 4 is 17.8 Å². The second kappa shape index (κ2) is 6.85. The van der Waals surface area contributed by atoms with Crippen molar-refractivity contribution in [2.75, 3.05) is 5.75 Å². The molecule has 1 aromatic heterocycles. The summed E-state index contributed by atoms with van der Waals surface area (Å²) in [6.45, 7) is 0. The predicted octanol–water partition coefficient (Wildman–Crippen LogP) is 3.47. The monoisotopic (exact) mass is 294 g/mol. The minimum Gasteiger partial charge on any atom is -0.188 e. The van der Waals surface area contributed by atoms with Crippen LogP contribution in [0.4, 0.5) is 0 Å². The van der Waals surface area contributed by atoms with Gasteiger partial charge in [-0.05, 0) is 28.1 Å². The average molecular weight is 294 g/mol. The third kappa shape index (κ3) is 3.58. The van der Waals surface area contributed by atoms with Crippen molar-refractivity contribution in [3.63, 3.8) is 0 Å². The van der Waals surface area contributed by atoms with E-state index >= 15 is 0 Å². The molecule has 0 saturated carbocycles. The lowest BCUT2D eigenvalue weighted by Gasteiger charge is -2.02. The normalized spacial score (nSPS) is 11.0. The van der Waals surface area contributed by atoms with E-state index in [0.717, 1.165) is 16.6 Å². The first-order chi connectivity index (χ1) is 10.4. The summed E-state index contributed by atoms with van der Waals surface area (Å²) in [5, 5.41) is 12.6. The average Bonchev–Trinajstić information content (AvgIpc) is 3.02. The van der Waals surface area contributed by atoms with Crippen molar-refractivity contribution in [3.8, 4) is 5.69 Å². The molecule has 0 spiro atoms. The third-order valence-electron chi connectivity index (χ3n) is 2.86. The summed E-state index contributed by atoms with van der Waals surface area (Å²) in [5.41, 5.74) is 2.16. The molecule has 0 aliphatic rings. The van der Waals surface area contributed by atoms with Gasteiger partial charge >= 0.3 is 0 Å². The Hall–Kier alpha value is -2.40. The van der Waals surface area contributed by atoms with Crippen molar-refractivity contribution in [3.05, 3.63) is 72.3 Å². The molecule has 0 amide bonds. The fraction of sp³-hybridized carbons (Fsp3) is 0.0625. The maximum Gasteiger partial charge on any atom is 0.214 e. The van der Waals surface area contributed by atoms with E-state index in [-0.39, 0.29) is 0 Å². The van der Waals surface area contributed by atoms with Crippen molar-refractivity contribution in [2.45, 2.75) is 5.16 Å². The third-order valence-corrected chi connectivity index (χ3v) is 3.73. The lowest BCUT2D eigenvalue weighted by molar-refractivity contribution is 0.757. The van der Waals surface area contributed by atoms with E-state index in [4.69, 9.17) is 0 Å². The zero-order chi connectivity index (χ0) is 14.3. The van der Waals surface area contributed by atoms with Crippen molar-refractivity contribution in [1.29, 1.82) is 0 Å². The minimum atomic E-state index is 0.791. The molecule has 21 heavy (non-hydrogen) atoms. The first kappa shape index (κ1) is 13.6. The van der Waals surface area contributed by atoms with Gasteiger partial charge in [0, 0.05) is 5.75 Å². The smallest absolute Gasteiger partial charge is 0.188 e. The first-order valence-electron chi connectivity index (χ1n) is 6.62. The number of thioether (sulfide) groups is 1. The number of nitrogens with zero attached hydrogens (tertiary/aromatic N) is 4. The van der Waals surface area contributed by atoms with Gasteiger partial charge < -0.3 is 0 Å². The maximum atomic E-state index is 4.07. The van der Waals surface area contributed by atoms with Crippen LogP contribution in [0.5, 0.6) is 0 Å². The van der Waals surface area contributed by atoms with E-state index in [1.807, 2.05) is 48.5 Å². The van der Waals surface area contributed by atoms with Gasteiger partial charge in [-0.1, -0.05) is 72.4 Å². The number of aromatic nitrogens is 4. The molecule has 0 radical (unpaired) electrons. The number of rotatable bonds is 5. The van der Waals surface area contributed by atoms with Gasteiger partial charge in [0.1, 0.15) is 0 Å². The molecule has 4 nitrogen and oxygen atoms in total. The molecular weight excluding hydrogens is 280 g/mol. The zero-order valence-corrected chi connectivity index (χ0v) is 12.1. The van der Waals surface area contributed by atoms with Crippen LogP contribution >= 0.6 is 11.8 Å². The molecule has 0 bridgehead atoms. The SMILES string of the molecule is C(=C\c1ccccc1)/CSc1nnnn1-c1ccccc1. The van der Waals surface area contributed by atoms with Crippen LogP contribution in [0.3, 0.4) is 0 Å². The van der Waals surface area contributed by atoms with E-state index in [1.165, 1.54) is 5.56 Å². The zero-order valence-electron chi connectivity index (χ0n) is 11.3. The molecule has 5 heteroatoms. The Morgan fingerprint density at radius 3 is 2.43 bits per heavy atom. The number of para-hydroxylation sites is 1. The van der Waals surface area contributed by atoms with E-state index in [9.17, 15) is 0 Å². The Kier molecular flexibility index (Phi) is 4.43. The molecule has 0 aliphatic carbocycles. The fourth-order valence-corrected chi connectivity index (χ4v) is 2.57. The highest BCUT2D eigenvalue weighted by atomic mass is 32.2. The maximum absolute atomic E-state index is 4.07. The summed E-state index contributed by atoms with van der Waals surface area (Å²) < 4.78 is 1.75. The van der Waals surface area contributed by atoms with Gasteiger partial charge in [-0.15, -0.1) is 5.10 Å². The molecule has 3 aromatic rings. The van der Waals surface area contributed by atoms with E-state index in [0.29, 0.717) is 0 Å². The van der Waals surface area contributed by atoms with Crippen LogP contribution in [0.2, 0.25) is 0 Å². The number of hydrogen-bond acceptors (Lipinski definition) is 4. The van der Waals surface area contributed by atoms with Gasteiger partial charge in [-0.25, -0.2) is 0 Å². The molecule has 0 fully saturated rings. The summed E-state index contributed by atoms with van der Waals surface area (Å²) in [4.78, 5) is 0. The van der Waals surface area contributed by atoms with Crippen LogP contribution in [-0.4, -0.2) is 26.0 Å². The van der Waals surface area contributed by atoms with Gasteiger partial charge in [0.05, 0.1) is 5.69 Å². The van der Waals surface area contributed by atoms with Crippen molar-refractivity contribution < 1.29 is 0 Å². The standard InChI is InChI=1S/C16H14N4S/c1-3-8-14(9-4-1)10-7-13-21-16-17-18-19-20(16)15-11-5-2-6-12-15/h1-12H,13H2/b10-7+. The Balaban J connectivity index is 1.65. The lowest BCUT2D eigenvalue weighted by Crippen LogP contribution is -1.98. The Morgan fingerprint density at radius 1 is 0.952 bits per heavy atom. The summed E-state index contributed by atoms with van der Waals surface area (Å²) in [7, 11) is 0. The van der Waals surface area contributed by atoms with Crippen LogP contribution in [0.25, 0.3) is 11.8 Å². The topological polar surface area (TPSA) is 43.6 Å². The van der Waals surface area contributed by atoms with Gasteiger partial charge in [-0.2, -0.15) is 4.68 Å². The largest absolute Gasteiger partial charge is 0.214 e. The highest BCUT2D eigenvalue weighted by Gasteiger charge is 2.07. The molecule has 0 aliphatic heterocycles. The second-order valence-corrected chi connectivity index (χ2v) is 5.32. The molecule has 104 valence electrons. The minimum absolute atomic E-state index is 0.791. The molecule has 0 N–H and O–H groups in total. The molecule has 2 aromatic carbocycles. The van der Waals surface area contributed by atoms with Gasteiger partial charge in [0.25, 0.3) is 0 Å². The fourth-order valence-electron chi connectivity index (χ4n) is 1.87. The van der Waals surface area contributed by atoms with Crippen LogP contribution in [0.15, 0.2) is 71.9 Å². The molecule has 0 atom stereocenters. The molecule has 3 rings (SSSR count). The highest BCUT2D eigenvalue weighted by Crippen LogP contribution is 2.18. The van der Waals surface area contributed by atoms with Gasteiger partial charge in [0.15, 0.2) is 0 Å². The lowest BCUT2D eigenvalue weighted by atomic mass is 10.2. The number of hydrogen-bond donors (Lipinski definition) is 0. The quantitative estimate of drug-likeness (QED) is 0.676. The molecule has 0 unspecified atom stereocenters. The van der Waals surface area contributed by atoms with E-state index < -0.39 is 0 Å². The van der Waals surface area contributed by atoms with E-state index in [2.05, 4.69) is 39.8 Å². The van der Waals surface area contributed by atoms with Crippen LogP contribution in [0, 0.1) is 0 Å². The van der Waals surface area contributed by atoms with E-state index in [1.54, 1.807) is 16.4 Å². The van der Waals surface area contributed by atoms with Gasteiger partial charge in [0.2, 0.25) is 5.16 Å². The predicted molar refractivity (Wildman–Crippen MR) is 85.4 cm³/mol. The summed E-state index contributed by atoms with van der Waals surface area (Å²) in [6, 6.07) is 20.1. The highest BCUT2D eigenvalue weighted by molar-refractivity contribution is 7.99. The molecule has 1 heterocycles. The van der Waals surface area contributed by atoms with Crippen molar-refractivity contribution in [1.82, 2.24) is 20.2 Å².